The Labute approximate surface area is 138 Å². The largest absolute Gasteiger partial charge is 0.339 e. The van der Waals surface area contributed by atoms with Gasteiger partial charge in [0.2, 0.25) is 5.56 Å². The molecular weight excluding hydrogens is 290 g/mol. The fourth-order valence-corrected chi connectivity index (χ4v) is 3.26. The molecule has 0 radical (unpaired) electrons. The first-order valence-electron chi connectivity index (χ1n) is 8.48. The van der Waals surface area contributed by atoms with Crippen molar-refractivity contribution < 1.29 is 4.79 Å². The molecule has 0 spiro atoms. The second-order valence-corrected chi connectivity index (χ2v) is 7.28. The number of aromatic nitrogens is 1. The molecule has 2 atom stereocenters. The molecule has 23 heavy (non-hydrogen) atoms. The number of nitrogens with zero attached hydrogens (tertiary/aromatic N) is 2. The summed E-state index contributed by atoms with van der Waals surface area (Å²) >= 11 is 0. The Morgan fingerprint density at radius 2 is 2.13 bits per heavy atom. The molecule has 0 bridgehead atoms. The molecule has 0 aliphatic carbocycles. The molecule has 2 rings (SSSR count). The van der Waals surface area contributed by atoms with Crippen molar-refractivity contribution in [3.63, 3.8) is 0 Å². The molecule has 1 saturated heterocycles. The maximum Gasteiger partial charge on any atom is 0.254 e. The van der Waals surface area contributed by atoms with Crippen molar-refractivity contribution >= 4 is 5.91 Å². The highest BCUT2D eigenvalue weighted by Crippen LogP contribution is 2.21. The first-order chi connectivity index (χ1) is 10.8. The summed E-state index contributed by atoms with van der Waals surface area (Å²) in [5.74, 6) is 0.381. The monoisotopic (exact) mass is 319 g/mol. The Morgan fingerprint density at radius 1 is 1.43 bits per heavy atom. The summed E-state index contributed by atoms with van der Waals surface area (Å²) in [4.78, 5) is 31.6. The van der Waals surface area contributed by atoms with Crippen molar-refractivity contribution in [3.05, 3.63) is 33.7 Å². The predicted molar refractivity (Wildman–Crippen MR) is 92.8 cm³/mol. The van der Waals surface area contributed by atoms with Gasteiger partial charge in [0.15, 0.2) is 0 Å². The van der Waals surface area contributed by atoms with E-state index in [1.165, 1.54) is 6.07 Å². The van der Waals surface area contributed by atoms with Crippen LogP contribution >= 0.6 is 0 Å². The highest BCUT2D eigenvalue weighted by molar-refractivity contribution is 5.94. The van der Waals surface area contributed by atoms with Crippen LogP contribution in [0, 0.1) is 5.92 Å². The lowest BCUT2D eigenvalue weighted by atomic mass is 9.97. The molecule has 0 aromatic carbocycles. The minimum atomic E-state index is -0.198. The summed E-state index contributed by atoms with van der Waals surface area (Å²) in [6.07, 6.45) is 2.72. The minimum absolute atomic E-state index is 0.0529. The number of piperidine rings is 1. The van der Waals surface area contributed by atoms with Crippen LogP contribution in [0.5, 0.6) is 0 Å². The number of nitrogens with one attached hydrogen (secondary N) is 1. The van der Waals surface area contributed by atoms with Crippen molar-refractivity contribution in [2.24, 2.45) is 5.92 Å². The molecule has 128 valence electrons. The molecule has 1 amide bonds. The minimum Gasteiger partial charge on any atom is -0.339 e. The van der Waals surface area contributed by atoms with Gasteiger partial charge in [0.05, 0.1) is 0 Å². The van der Waals surface area contributed by atoms with Gasteiger partial charge in [-0.15, -0.1) is 0 Å². The number of hydrogen-bond donors (Lipinski definition) is 1. The summed E-state index contributed by atoms with van der Waals surface area (Å²) in [7, 11) is 3.98. The van der Waals surface area contributed by atoms with E-state index in [0.29, 0.717) is 17.5 Å². The zero-order chi connectivity index (χ0) is 17.1. The van der Waals surface area contributed by atoms with Crippen molar-refractivity contribution in [3.8, 4) is 0 Å². The third kappa shape index (κ3) is 4.44. The van der Waals surface area contributed by atoms with Gasteiger partial charge in [-0.3, -0.25) is 9.59 Å². The van der Waals surface area contributed by atoms with Crippen LogP contribution in [0.15, 0.2) is 16.9 Å². The number of aromatic amines is 1. The molecular formula is C18H29N3O2. The van der Waals surface area contributed by atoms with E-state index >= 15 is 0 Å². The molecule has 1 aliphatic heterocycles. The van der Waals surface area contributed by atoms with Gasteiger partial charge in [0, 0.05) is 43.0 Å². The van der Waals surface area contributed by atoms with E-state index in [0.717, 1.165) is 31.5 Å². The lowest BCUT2D eigenvalue weighted by Gasteiger charge is -2.39. The lowest BCUT2D eigenvalue weighted by molar-refractivity contribution is 0.0598. The van der Waals surface area contributed by atoms with E-state index in [1.807, 2.05) is 18.0 Å². The molecule has 5 heteroatoms. The molecule has 5 nitrogen and oxygen atoms in total. The number of H-pyrrole nitrogens is 1. The normalized spacial score (nSPS) is 22.3. The van der Waals surface area contributed by atoms with Gasteiger partial charge in [-0.1, -0.05) is 13.8 Å². The molecule has 2 heterocycles. The summed E-state index contributed by atoms with van der Waals surface area (Å²) in [6, 6.07) is 3.96. The van der Waals surface area contributed by atoms with E-state index in [1.54, 1.807) is 0 Å². The first kappa shape index (κ1) is 17.7. The quantitative estimate of drug-likeness (QED) is 0.925. The first-order valence-corrected chi connectivity index (χ1v) is 8.48. The van der Waals surface area contributed by atoms with Gasteiger partial charge in [0.1, 0.15) is 0 Å². The number of carbonyl (C=O) groups excluding carboxylic acids is 1. The molecule has 1 fully saturated rings. The third-order valence-corrected chi connectivity index (χ3v) is 4.82. The van der Waals surface area contributed by atoms with Gasteiger partial charge in [0.25, 0.3) is 5.91 Å². The smallest absolute Gasteiger partial charge is 0.254 e. The Bertz CT molecular complexity index is 609. The van der Waals surface area contributed by atoms with Gasteiger partial charge in [-0.2, -0.15) is 0 Å². The molecule has 1 N–H and O–H groups in total. The Hall–Kier alpha value is -1.62. The average Bonchev–Trinajstić information content (AvgIpc) is 2.47. The third-order valence-electron chi connectivity index (χ3n) is 4.82. The van der Waals surface area contributed by atoms with E-state index in [4.69, 9.17) is 0 Å². The molecule has 0 unspecified atom stereocenters. The SMILES string of the molecule is CC(C)Cc1cc(C(=O)N(C)[C@@H]2CCN(C)[C@H](C)C2)cc(=O)[nH]1. The van der Waals surface area contributed by atoms with Crippen LogP contribution in [-0.2, 0) is 6.42 Å². The Kier molecular flexibility index (Phi) is 5.63. The maximum atomic E-state index is 12.8. The topological polar surface area (TPSA) is 56.4 Å². The highest BCUT2D eigenvalue weighted by atomic mass is 16.2. The number of hydrogen-bond acceptors (Lipinski definition) is 3. The molecule has 0 saturated carbocycles. The fraction of sp³-hybridized carbons (Fsp3) is 0.667. The van der Waals surface area contributed by atoms with E-state index in [9.17, 15) is 9.59 Å². The average molecular weight is 319 g/mol. The number of rotatable bonds is 4. The van der Waals surface area contributed by atoms with Crippen LogP contribution in [0.4, 0.5) is 0 Å². The van der Waals surface area contributed by atoms with Crippen LogP contribution in [0.3, 0.4) is 0 Å². The van der Waals surface area contributed by atoms with Crippen molar-refractivity contribution in [1.29, 1.82) is 0 Å². The maximum absolute atomic E-state index is 12.8. The van der Waals surface area contributed by atoms with E-state index < -0.39 is 0 Å². The van der Waals surface area contributed by atoms with E-state index in [2.05, 4.69) is 37.7 Å². The number of amides is 1. The summed E-state index contributed by atoms with van der Waals surface area (Å²) in [6.45, 7) is 7.38. The number of carbonyl (C=O) groups is 1. The second kappa shape index (κ2) is 7.30. The van der Waals surface area contributed by atoms with Gasteiger partial charge >= 0.3 is 0 Å². The molecule has 1 aliphatic rings. The van der Waals surface area contributed by atoms with Crippen LogP contribution in [0.1, 0.15) is 49.7 Å². The van der Waals surface area contributed by atoms with E-state index in [-0.39, 0.29) is 17.5 Å². The van der Waals surface area contributed by atoms with Crippen LogP contribution < -0.4 is 5.56 Å². The zero-order valence-corrected chi connectivity index (χ0v) is 14.9. The Balaban J connectivity index is 2.16. The van der Waals surface area contributed by atoms with Gasteiger partial charge in [-0.25, -0.2) is 0 Å². The van der Waals surface area contributed by atoms with Crippen molar-refractivity contribution in [2.45, 2.75) is 52.1 Å². The van der Waals surface area contributed by atoms with Gasteiger partial charge < -0.3 is 14.8 Å². The summed E-state index contributed by atoms with van der Waals surface area (Å²) in [5.41, 5.74) is 1.14. The summed E-state index contributed by atoms with van der Waals surface area (Å²) < 4.78 is 0. The second-order valence-electron chi connectivity index (χ2n) is 7.28. The zero-order valence-electron chi connectivity index (χ0n) is 14.9. The Morgan fingerprint density at radius 3 is 2.74 bits per heavy atom. The summed E-state index contributed by atoms with van der Waals surface area (Å²) in [5, 5.41) is 0. The predicted octanol–water partition coefficient (Wildman–Crippen LogP) is 2.13. The highest BCUT2D eigenvalue weighted by Gasteiger charge is 2.28. The van der Waals surface area contributed by atoms with Crippen LogP contribution in [-0.4, -0.2) is 53.4 Å². The van der Waals surface area contributed by atoms with Crippen LogP contribution in [0.25, 0.3) is 0 Å². The van der Waals surface area contributed by atoms with Gasteiger partial charge in [-0.05, 0) is 45.2 Å². The van der Waals surface area contributed by atoms with Crippen LogP contribution in [0.2, 0.25) is 0 Å². The number of pyridine rings is 1. The fourth-order valence-electron chi connectivity index (χ4n) is 3.26. The molecule has 1 aromatic heterocycles. The van der Waals surface area contributed by atoms with Crippen molar-refractivity contribution in [2.75, 3.05) is 20.6 Å². The number of likely N-dealkylation sites (tertiary alicyclic amines) is 1. The standard InChI is InChI=1S/C18H29N3O2/c1-12(2)8-15-10-14(11-17(22)19-15)18(23)21(5)16-6-7-20(4)13(3)9-16/h10-13,16H,6-9H2,1-5H3,(H,19,22)/t13-,16-/m1/s1. The lowest BCUT2D eigenvalue weighted by Crippen LogP contribution is -2.48. The van der Waals surface area contributed by atoms with Crippen molar-refractivity contribution in [1.82, 2.24) is 14.8 Å². The molecule has 1 aromatic rings.